The van der Waals surface area contributed by atoms with Crippen LogP contribution in [0.5, 0.6) is 11.5 Å². The number of carbonyl (C=O) groups is 1. The SMILES string of the molecule is C#CCn1c(=NC(=O)c2ccc(S(=O)(=O)N(C)C)cc2)sc2cc3c(cc21)OCCO3. The lowest BCUT2D eigenvalue weighted by Crippen LogP contribution is -2.22. The van der Waals surface area contributed by atoms with Crippen molar-refractivity contribution in [3.8, 4) is 23.8 Å². The summed E-state index contributed by atoms with van der Waals surface area (Å²) in [6, 6.07) is 9.36. The molecule has 0 bridgehead atoms. The number of sulfonamides is 1. The molecule has 0 saturated heterocycles. The first-order valence-electron chi connectivity index (χ1n) is 9.29. The highest BCUT2D eigenvalue weighted by atomic mass is 32.2. The summed E-state index contributed by atoms with van der Waals surface area (Å²) >= 11 is 1.31. The number of rotatable bonds is 4. The molecule has 1 amide bonds. The molecule has 160 valence electrons. The van der Waals surface area contributed by atoms with Gasteiger partial charge in [0.05, 0.1) is 21.7 Å². The zero-order chi connectivity index (χ0) is 22.2. The maximum absolute atomic E-state index is 12.8. The summed E-state index contributed by atoms with van der Waals surface area (Å²) in [5.74, 6) is 3.35. The van der Waals surface area contributed by atoms with Crippen LogP contribution in [0, 0.1) is 12.3 Å². The van der Waals surface area contributed by atoms with E-state index in [1.165, 1.54) is 49.7 Å². The van der Waals surface area contributed by atoms with E-state index in [1.54, 1.807) is 4.57 Å². The summed E-state index contributed by atoms with van der Waals surface area (Å²) in [7, 11) is -0.679. The molecule has 31 heavy (non-hydrogen) atoms. The lowest BCUT2D eigenvalue weighted by molar-refractivity contribution is 0.0998. The Morgan fingerprint density at radius 2 is 1.84 bits per heavy atom. The van der Waals surface area contributed by atoms with E-state index in [4.69, 9.17) is 15.9 Å². The van der Waals surface area contributed by atoms with Crippen LogP contribution in [0.25, 0.3) is 10.2 Å². The van der Waals surface area contributed by atoms with Crippen molar-refractivity contribution >= 4 is 37.5 Å². The van der Waals surface area contributed by atoms with Gasteiger partial charge in [-0.05, 0) is 24.3 Å². The van der Waals surface area contributed by atoms with Crippen molar-refractivity contribution in [1.82, 2.24) is 8.87 Å². The second kappa shape index (κ2) is 8.19. The van der Waals surface area contributed by atoms with Crippen molar-refractivity contribution < 1.29 is 22.7 Å². The molecule has 0 spiro atoms. The van der Waals surface area contributed by atoms with Crippen LogP contribution in [0.15, 0.2) is 46.3 Å². The van der Waals surface area contributed by atoms with E-state index in [0.717, 1.165) is 14.5 Å². The van der Waals surface area contributed by atoms with E-state index in [9.17, 15) is 13.2 Å². The van der Waals surface area contributed by atoms with E-state index in [-0.39, 0.29) is 17.0 Å². The van der Waals surface area contributed by atoms with Gasteiger partial charge in [-0.15, -0.1) is 6.42 Å². The lowest BCUT2D eigenvalue weighted by atomic mass is 10.2. The smallest absolute Gasteiger partial charge is 0.279 e. The molecule has 0 unspecified atom stereocenters. The first-order chi connectivity index (χ1) is 14.8. The molecule has 0 saturated carbocycles. The number of ether oxygens (including phenoxy) is 2. The summed E-state index contributed by atoms with van der Waals surface area (Å²) in [6.45, 7) is 1.17. The van der Waals surface area contributed by atoms with E-state index in [2.05, 4.69) is 10.9 Å². The van der Waals surface area contributed by atoms with Crippen molar-refractivity contribution in [2.45, 2.75) is 11.4 Å². The fraction of sp³-hybridized carbons (Fsp3) is 0.238. The zero-order valence-corrected chi connectivity index (χ0v) is 18.5. The maximum Gasteiger partial charge on any atom is 0.279 e. The number of hydrogen-bond acceptors (Lipinski definition) is 6. The first-order valence-corrected chi connectivity index (χ1v) is 11.5. The molecular weight excluding hydrogens is 438 g/mol. The molecule has 8 nitrogen and oxygen atoms in total. The lowest BCUT2D eigenvalue weighted by Gasteiger charge is -2.18. The van der Waals surface area contributed by atoms with E-state index in [0.29, 0.717) is 29.5 Å². The van der Waals surface area contributed by atoms with E-state index < -0.39 is 15.9 Å². The van der Waals surface area contributed by atoms with Gasteiger partial charge in [0.15, 0.2) is 16.3 Å². The van der Waals surface area contributed by atoms with Crippen LogP contribution in [0.2, 0.25) is 0 Å². The Morgan fingerprint density at radius 3 is 2.45 bits per heavy atom. The number of hydrogen-bond donors (Lipinski definition) is 0. The summed E-state index contributed by atoms with van der Waals surface area (Å²) in [6.07, 6.45) is 5.53. The molecule has 10 heteroatoms. The van der Waals surface area contributed by atoms with E-state index in [1.807, 2.05) is 12.1 Å². The Bertz CT molecular complexity index is 1380. The predicted molar refractivity (Wildman–Crippen MR) is 117 cm³/mol. The van der Waals surface area contributed by atoms with Gasteiger partial charge in [0.2, 0.25) is 10.0 Å². The molecule has 1 aliphatic rings. The maximum atomic E-state index is 12.8. The topological polar surface area (TPSA) is 90.2 Å². The van der Waals surface area contributed by atoms with Crippen LogP contribution in [0.1, 0.15) is 10.4 Å². The van der Waals surface area contributed by atoms with Gasteiger partial charge in [0, 0.05) is 31.8 Å². The molecule has 2 heterocycles. The number of amides is 1. The zero-order valence-electron chi connectivity index (χ0n) is 16.9. The van der Waals surface area contributed by atoms with Crippen molar-refractivity contribution in [3.63, 3.8) is 0 Å². The minimum Gasteiger partial charge on any atom is -0.486 e. The number of terminal acetylenes is 1. The molecule has 3 aromatic rings. The normalized spacial score (nSPS) is 14.1. The van der Waals surface area contributed by atoms with Gasteiger partial charge in [0.1, 0.15) is 13.2 Å². The molecule has 0 atom stereocenters. The quantitative estimate of drug-likeness (QED) is 0.560. The third-order valence-electron chi connectivity index (χ3n) is 4.67. The molecule has 1 aromatic heterocycles. The Balaban J connectivity index is 1.75. The molecule has 4 rings (SSSR count). The summed E-state index contributed by atoms with van der Waals surface area (Å²) < 4.78 is 39.4. The highest BCUT2D eigenvalue weighted by Gasteiger charge is 2.19. The van der Waals surface area contributed by atoms with Gasteiger partial charge in [-0.25, -0.2) is 12.7 Å². The van der Waals surface area contributed by atoms with Gasteiger partial charge in [-0.2, -0.15) is 4.99 Å². The second-order valence-electron chi connectivity index (χ2n) is 6.87. The van der Waals surface area contributed by atoms with Gasteiger partial charge in [-0.3, -0.25) is 4.79 Å². The van der Waals surface area contributed by atoms with Crippen LogP contribution in [0.4, 0.5) is 0 Å². The summed E-state index contributed by atoms with van der Waals surface area (Å²) in [5, 5.41) is 0. The monoisotopic (exact) mass is 457 g/mol. The third kappa shape index (κ3) is 3.95. The molecule has 0 fully saturated rings. The van der Waals surface area contributed by atoms with Gasteiger partial charge >= 0.3 is 0 Å². The number of nitrogens with zero attached hydrogens (tertiary/aromatic N) is 3. The predicted octanol–water partition coefficient (Wildman–Crippen LogP) is 2.10. The molecular formula is C21H19N3O5S2. The number of aromatic nitrogens is 1. The minimum atomic E-state index is -3.57. The van der Waals surface area contributed by atoms with Crippen LogP contribution < -0.4 is 14.3 Å². The van der Waals surface area contributed by atoms with Gasteiger partial charge in [-0.1, -0.05) is 17.3 Å². The van der Waals surface area contributed by atoms with Crippen LogP contribution in [-0.4, -0.2) is 50.5 Å². The Labute approximate surface area is 183 Å². The second-order valence-corrected chi connectivity index (χ2v) is 10.0. The fourth-order valence-electron chi connectivity index (χ4n) is 3.07. The first kappa shape index (κ1) is 21.1. The number of carbonyl (C=O) groups excluding carboxylic acids is 1. The molecule has 2 aromatic carbocycles. The largest absolute Gasteiger partial charge is 0.486 e. The number of fused-ring (bicyclic) bond motifs is 2. The average Bonchev–Trinajstić information content (AvgIpc) is 3.08. The van der Waals surface area contributed by atoms with Gasteiger partial charge in [0.25, 0.3) is 5.91 Å². The van der Waals surface area contributed by atoms with Crippen molar-refractivity contribution in [3.05, 3.63) is 46.8 Å². The fourth-order valence-corrected chi connectivity index (χ4v) is 5.01. The Morgan fingerprint density at radius 1 is 1.19 bits per heavy atom. The van der Waals surface area contributed by atoms with Crippen molar-refractivity contribution in [1.29, 1.82) is 0 Å². The van der Waals surface area contributed by atoms with Gasteiger partial charge < -0.3 is 14.0 Å². The van der Waals surface area contributed by atoms with Crippen LogP contribution in [-0.2, 0) is 16.6 Å². The van der Waals surface area contributed by atoms with Crippen molar-refractivity contribution in [2.24, 2.45) is 4.99 Å². The minimum absolute atomic E-state index is 0.101. The Kier molecular flexibility index (Phi) is 5.58. The van der Waals surface area contributed by atoms with Crippen molar-refractivity contribution in [2.75, 3.05) is 27.3 Å². The van der Waals surface area contributed by atoms with Crippen LogP contribution >= 0.6 is 11.3 Å². The summed E-state index contributed by atoms with van der Waals surface area (Å²) in [5.41, 5.74) is 1.07. The highest BCUT2D eigenvalue weighted by molar-refractivity contribution is 7.89. The molecule has 0 aliphatic carbocycles. The summed E-state index contributed by atoms with van der Waals surface area (Å²) in [4.78, 5) is 17.5. The number of benzene rings is 2. The third-order valence-corrected chi connectivity index (χ3v) is 7.54. The Hall–Kier alpha value is -3.13. The molecule has 1 aliphatic heterocycles. The number of thiazole rings is 1. The standard InChI is InChI=1S/C21H19N3O5S2/c1-4-9-24-16-12-17-18(29-11-10-28-17)13-19(16)30-21(24)22-20(25)14-5-7-15(8-6-14)31(26,27)23(2)3/h1,5-8,12-13H,9-11H2,2-3H3. The molecule has 0 radical (unpaired) electrons. The highest BCUT2D eigenvalue weighted by Crippen LogP contribution is 2.35. The molecule has 0 N–H and O–H groups in total. The van der Waals surface area contributed by atoms with E-state index >= 15 is 0 Å². The van der Waals surface area contributed by atoms with Crippen LogP contribution in [0.3, 0.4) is 0 Å². The average molecular weight is 458 g/mol.